The van der Waals surface area contributed by atoms with Crippen molar-refractivity contribution in [2.45, 2.75) is 38.9 Å². The minimum atomic E-state index is -3.82. The third-order valence-electron chi connectivity index (χ3n) is 5.77. The normalized spacial score (nSPS) is 12.2. The van der Waals surface area contributed by atoms with Gasteiger partial charge >= 0.3 is 0 Å². The Bertz CT molecular complexity index is 1350. The summed E-state index contributed by atoms with van der Waals surface area (Å²) >= 11 is 6.83. The van der Waals surface area contributed by atoms with E-state index in [4.69, 9.17) is 0 Å². The Morgan fingerprint density at radius 2 is 1.47 bits per heavy atom. The molecule has 3 aromatic carbocycles. The molecule has 0 spiro atoms. The van der Waals surface area contributed by atoms with E-state index in [0.717, 1.165) is 26.2 Å². The number of hydrogen-bond acceptors (Lipinski definition) is 4. The number of amides is 2. The predicted octanol–water partition coefficient (Wildman–Crippen LogP) is 5.14. The van der Waals surface area contributed by atoms with Crippen LogP contribution in [0.1, 0.15) is 25.0 Å². The van der Waals surface area contributed by atoms with Crippen LogP contribution >= 0.6 is 31.9 Å². The van der Waals surface area contributed by atoms with E-state index in [0.29, 0.717) is 10.2 Å². The average molecular weight is 665 g/mol. The number of carbonyl (C=O) groups is 2. The lowest BCUT2D eigenvalue weighted by atomic mass is 10.0. The highest BCUT2D eigenvalue weighted by atomic mass is 79.9. The van der Waals surface area contributed by atoms with Gasteiger partial charge in [0.1, 0.15) is 12.6 Å². The lowest BCUT2D eigenvalue weighted by molar-refractivity contribution is -0.140. The summed E-state index contributed by atoms with van der Waals surface area (Å²) in [6.07, 6.45) is 1.33. The van der Waals surface area contributed by atoms with Crippen molar-refractivity contribution in [1.29, 1.82) is 0 Å². The minimum absolute atomic E-state index is 0.128. The summed E-state index contributed by atoms with van der Waals surface area (Å²) in [4.78, 5) is 29.0. The van der Waals surface area contributed by atoms with E-state index in [1.165, 1.54) is 4.90 Å². The molecule has 0 heterocycles. The number of carbonyl (C=O) groups excluding carboxylic acids is 2. The first kappa shape index (κ1) is 29.9. The zero-order valence-corrected chi connectivity index (χ0v) is 25.5. The van der Waals surface area contributed by atoms with Crippen LogP contribution < -0.4 is 9.62 Å². The Balaban J connectivity index is 2.06. The van der Waals surface area contributed by atoms with Crippen molar-refractivity contribution < 1.29 is 18.0 Å². The highest BCUT2D eigenvalue weighted by Crippen LogP contribution is 2.28. The Kier molecular flexibility index (Phi) is 10.5. The van der Waals surface area contributed by atoms with Crippen molar-refractivity contribution in [2.24, 2.45) is 0 Å². The summed E-state index contributed by atoms with van der Waals surface area (Å²) in [5.41, 5.74) is 2.04. The maximum Gasteiger partial charge on any atom is 0.244 e. The molecule has 7 nitrogen and oxygen atoms in total. The fourth-order valence-electron chi connectivity index (χ4n) is 3.97. The summed E-state index contributed by atoms with van der Waals surface area (Å²) < 4.78 is 28.1. The Morgan fingerprint density at radius 1 is 0.868 bits per heavy atom. The van der Waals surface area contributed by atoms with Crippen molar-refractivity contribution >= 4 is 59.4 Å². The van der Waals surface area contributed by atoms with Crippen molar-refractivity contribution in [3.63, 3.8) is 0 Å². The number of anilines is 1. The second kappa shape index (κ2) is 13.4. The van der Waals surface area contributed by atoms with Crippen LogP contribution in [0.2, 0.25) is 0 Å². The smallest absolute Gasteiger partial charge is 0.244 e. The summed E-state index contributed by atoms with van der Waals surface area (Å²) in [5.74, 6) is -0.796. The summed E-state index contributed by atoms with van der Waals surface area (Å²) in [6, 6.07) is 22.7. The molecule has 0 bridgehead atoms. The van der Waals surface area contributed by atoms with Crippen LogP contribution in [0.5, 0.6) is 0 Å². The molecular formula is C28H31Br2N3O4S. The van der Waals surface area contributed by atoms with Gasteiger partial charge in [-0.3, -0.25) is 13.9 Å². The van der Waals surface area contributed by atoms with Crippen LogP contribution in [0.15, 0.2) is 87.8 Å². The number of halogens is 2. The van der Waals surface area contributed by atoms with E-state index in [1.807, 2.05) is 68.4 Å². The molecule has 0 unspecified atom stereocenters. The van der Waals surface area contributed by atoms with Crippen LogP contribution in [0, 0.1) is 0 Å². The first-order chi connectivity index (χ1) is 18.0. The van der Waals surface area contributed by atoms with Crippen LogP contribution in [0.3, 0.4) is 0 Å². The number of rotatable bonds is 11. The fourth-order valence-corrected chi connectivity index (χ4v) is 5.71. The van der Waals surface area contributed by atoms with Crippen LogP contribution in [0.25, 0.3) is 0 Å². The summed E-state index contributed by atoms with van der Waals surface area (Å²) in [7, 11) is -3.82. The van der Waals surface area contributed by atoms with E-state index < -0.39 is 28.5 Å². The fraction of sp³-hybridized carbons (Fsp3) is 0.286. The summed E-state index contributed by atoms with van der Waals surface area (Å²) in [5, 5.41) is 2.94. The SMILES string of the molecule is CC(C)NC(=O)[C@H](Cc1ccccc1)N(Cc1ccc(Br)cc1)C(=O)CN(c1ccccc1Br)S(C)(=O)=O. The molecule has 10 heteroatoms. The molecule has 0 aliphatic heterocycles. The van der Waals surface area contributed by atoms with Crippen LogP contribution in [-0.4, -0.2) is 50.0 Å². The molecule has 3 rings (SSSR count). The quantitative estimate of drug-likeness (QED) is 0.308. The van der Waals surface area contributed by atoms with Crippen LogP contribution in [-0.2, 0) is 32.6 Å². The van der Waals surface area contributed by atoms with Crippen molar-refractivity contribution in [3.05, 3.63) is 98.9 Å². The molecule has 202 valence electrons. The maximum absolute atomic E-state index is 14.0. The minimum Gasteiger partial charge on any atom is -0.352 e. The summed E-state index contributed by atoms with van der Waals surface area (Å²) in [6.45, 7) is 3.38. The largest absolute Gasteiger partial charge is 0.352 e. The molecule has 0 aliphatic rings. The van der Waals surface area contributed by atoms with E-state index in [-0.39, 0.29) is 24.9 Å². The topological polar surface area (TPSA) is 86.8 Å². The molecule has 0 aliphatic carbocycles. The second-order valence-electron chi connectivity index (χ2n) is 9.24. The second-order valence-corrected chi connectivity index (χ2v) is 12.9. The lowest BCUT2D eigenvalue weighted by Gasteiger charge is -2.34. The van der Waals surface area contributed by atoms with Gasteiger partial charge in [0.25, 0.3) is 0 Å². The monoisotopic (exact) mass is 663 g/mol. The Labute approximate surface area is 241 Å². The molecule has 0 radical (unpaired) electrons. The molecule has 0 fully saturated rings. The first-order valence-corrected chi connectivity index (χ1v) is 15.5. The van der Waals surface area contributed by atoms with Gasteiger partial charge < -0.3 is 10.2 Å². The Hall–Kier alpha value is -2.69. The molecule has 2 amide bonds. The van der Waals surface area contributed by atoms with E-state index in [2.05, 4.69) is 37.2 Å². The van der Waals surface area contributed by atoms with Crippen molar-refractivity contribution in [1.82, 2.24) is 10.2 Å². The molecule has 3 aromatic rings. The molecule has 1 N–H and O–H groups in total. The predicted molar refractivity (Wildman–Crippen MR) is 158 cm³/mol. The third-order valence-corrected chi connectivity index (χ3v) is 8.09. The zero-order valence-electron chi connectivity index (χ0n) is 21.5. The maximum atomic E-state index is 14.0. The standard InChI is InChI=1S/C28H31Br2N3O4S/c1-20(2)31-28(35)26(17-21-9-5-4-6-10-21)32(18-22-13-15-23(29)16-14-22)27(34)19-33(38(3,36)37)25-12-8-7-11-24(25)30/h4-16,20,26H,17-19H2,1-3H3,(H,31,35)/t26-/m0/s1. The van der Waals surface area contributed by atoms with Gasteiger partial charge in [0.15, 0.2) is 0 Å². The number of nitrogens with one attached hydrogen (secondary N) is 1. The third kappa shape index (κ3) is 8.41. The van der Waals surface area contributed by atoms with Gasteiger partial charge in [-0.2, -0.15) is 0 Å². The van der Waals surface area contributed by atoms with Crippen molar-refractivity contribution in [2.75, 3.05) is 17.1 Å². The molecule has 0 aromatic heterocycles. The van der Waals surface area contributed by atoms with Gasteiger partial charge in [0.05, 0.1) is 11.9 Å². The van der Waals surface area contributed by atoms with Gasteiger partial charge in [0, 0.05) is 28.0 Å². The van der Waals surface area contributed by atoms with E-state index in [1.54, 1.807) is 24.3 Å². The molecular weight excluding hydrogens is 634 g/mol. The number of nitrogens with zero attached hydrogens (tertiary/aromatic N) is 2. The molecule has 0 saturated heterocycles. The van der Waals surface area contributed by atoms with Gasteiger partial charge in [-0.15, -0.1) is 0 Å². The Morgan fingerprint density at radius 3 is 2.05 bits per heavy atom. The van der Waals surface area contributed by atoms with Crippen molar-refractivity contribution in [3.8, 4) is 0 Å². The highest BCUT2D eigenvalue weighted by molar-refractivity contribution is 9.10. The van der Waals surface area contributed by atoms with E-state index >= 15 is 0 Å². The molecule has 1 atom stereocenters. The average Bonchev–Trinajstić information content (AvgIpc) is 2.85. The number of hydrogen-bond donors (Lipinski definition) is 1. The zero-order chi connectivity index (χ0) is 27.9. The molecule has 0 saturated carbocycles. The number of benzene rings is 3. The first-order valence-electron chi connectivity index (χ1n) is 12.1. The van der Waals surface area contributed by atoms with Gasteiger partial charge in [0.2, 0.25) is 21.8 Å². The van der Waals surface area contributed by atoms with Gasteiger partial charge in [-0.1, -0.05) is 70.5 Å². The van der Waals surface area contributed by atoms with Gasteiger partial charge in [-0.05, 0) is 65.2 Å². The highest BCUT2D eigenvalue weighted by Gasteiger charge is 2.33. The number of sulfonamides is 1. The van der Waals surface area contributed by atoms with Crippen LogP contribution in [0.4, 0.5) is 5.69 Å². The van der Waals surface area contributed by atoms with E-state index in [9.17, 15) is 18.0 Å². The van der Waals surface area contributed by atoms with Gasteiger partial charge in [-0.25, -0.2) is 8.42 Å². The number of para-hydroxylation sites is 1. The molecule has 38 heavy (non-hydrogen) atoms. The lowest BCUT2D eigenvalue weighted by Crippen LogP contribution is -2.54.